The summed E-state index contributed by atoms with van der Waals surface area (Å²) in [6.45, 7) is 1.71. The van der Waals surface area contributed by atoms with Gasteiger partial charge in [-0.05, 0) is 30.7 Å². The average Bonchev–Trinajstić information content (AvgIpc) is 2.41. The van der Waals surface area contributed by atoms with Crippen LogP contribution in [0.5, 0.6) is 0 Å². The fourth-order valence-corrected chi connectivity index (χ4v) is 2.76. The number of nitro groups is 1. The van der Waals surface area contributed by atoms with Gasteiger partial charge in [0, 0.05) is 12.3 Å². The van der Waals surface area contributed by atoms with Gasteiger partial charge in [-0.15, -0.1) is 0 Å². The summed E-state index contributed by atoms with van der Waals surface area (Å²) in [5.74, 6) is 0. The van der Waals surface area contributed by atoms with Crippen molar-refractivity contribution in [3.05, 3.63) is 52.3 Å². The van der Waals surface area contributed by atoms with Crippen LogP contribution in [0.2, 0.25) is 0 Å². The van der Waals surface area contributed by atoms with Crippen molar-refractivity contribution in [1.82, 2.24) is 4.98 Å². The smallest absolute Gasteiger partial charge is 0.293 e. The second kappa shape index (κ2) is 5.37. The maximum atomic E-state index is 12.2. The summed E-state index contributed by atoms with van der Waals surface area (Å²) in [4.78, 5) is 13.7. The van der Waals surface area contributed by atoms with Crippen molar-refractivity contribution >= 4 is 27.1 Å². The first-order valence-electron chi connectivity index (χ1n) is 5.78. The van der Waals surface area contributed by atoms with Crippen molar-refractivity contribution in [3.8, 4) is 0 Å². The van der Waals surface area contributed by atoms with E-state index in [-0.39, 0.29) is 10.6 Å². The molecule has 0 aliphatic heterocycles. The van der Waals surface area contributed by atoms with E-state index in [1.807, 2.05) is 0 Å². The van der Waals surface area contributed by atoms with E-state index in [0.29, 0.717) is 11.3 Å². The molecule has 1 aromatic heterocycles. The maximum absolute atomic E-state index is 12.2. The van der Waals surface area contributed by atoms with Gasteiger partial charge in [0.25, 0.3) is 15.7 Å². The number of aromatic nitrogens is 1. The highest BCUT2D eigenvalue weighted by atomic mass is 32.2. The number of anilines is 2. The number of aryl methyl sites for hydroxylation is 1. The van der Waals surface area contributed by atoms with Crippen LogP contribution < -0.4 is 10.5 Å². The number of hydrogen-bond acceptors (Lipinski definition) is 6. The quantitative estimate of drug-likeness (QED) is 0.502. The molecule has 1 aromatic carbocycles. The summed E-state index contributed by atoms with van der Waals surface area (Å²) in [5.41, 5.74) is 5.87. The highest BCUT2D eigenvalue weighted by molar-refractivity contribution is 7.92. The van der Waals surface area contributed by atoms with Crippen LogP contribution in [-0.4, -0.2) is 18.3 Å². The Hall–Kier alpha value is -2.68. The molecule has 9 heteroatoms. The molecule has 21 heavy (non-hydrogen) atoms. The lowest BCUT2D eigenvalue weighted by molar-refractivity contribution is -0.384. The van der Waals surface area contributed by atoms with Gasteiger partial charge in [0.15, 0.2) is 0 Å². The fraction of sp³-hybridized carbons (Fsp3) is 0.0833. The largest absolute Gasteiger partial charge is 0.393 e. The van der Waals surface area contributed by atoms with Crippen LogP contribution >= 0.6 is 0 Å². The van der Waals surface area contributed by atoms with Crippen LogP contribution in [0.4, 0.5) is 17.1 Å². The van der Waals surface area contributed by atoms with Gasteiger partial charge < -0.3 is 5.73 Å². The monoisotopic (exact) mass is 308 g/mol. The standard InChI is InChI=1S/C12H12N4O4S/c1-8-4-5-14-7-11(8)15-21(19,20)9-2-3-10(13)12(6-9)16(17)18/h2-7,15H,13H2,1H3. The maximum Gasteiger partial charge on any atom is 0.293 e. The van der Waals surface area contributed by atoms with Crippen LogP contribution in [0.25, 0.3) is 0 Å². The number of nitrogens with zero attached hydrogens (tertiary/aromatic N) is 2. The van der Waals surface area contributed by atoms with Crippen LogP contribution in [0.15, 0.2) is 41.6 Å². The molecular weight excluding hydrogens is 296 g/mol. The lowest BCUT2D eigenvalue weighted by Gasteiger charge is -2.10. The molecule has 2 rings (SSSR count). The Morgan fingerprint density at radius 1 is 1.33 bits per heavy atom. The van der Waals surface area contributed by atoms with Crippen molar-refractivity contribution in [2.24, 2.45) is 0 Å². The number of pyridine rings is 1. The van der Waals surface area contributed by atoms with Crippen molar-refractivity contribution in [1.29, 1.82) is 0 Å². The number of nitrogens with two attached hydrogens (primary N) is 1. The van der Waals surface area contributed by atoms with Gasteiger partial charge in [-0.25, -0.2) is 8.42 Å². The molecule has 0 amide bonds. The van der Waals surface area contributed by atoms with Gasteiger partial charge in [0.2, 0.25) is 0 Å². The summed E-state index contributed by atoms with van der Waals surface area (Å²) in [5, 5.41) is 10.8. The minimum atomic E-state index is -3.96. The number of rotatable bonds is 4. The van der Waals surface area contributed by atoms with Gasteiger partial charge in [0.1, 0.15) is 5.69 Å². The molecule has 0 saturated carbocycles. The third kappa shape index (κ3) is 3.08. The molecule has 0 saturated heterocycles. The summed E-state index contributed by atoms with van der Waals surface area (Å²) in [6.07, 6.45) is 2.89. The highest BCUT2D eigenvalue weighted by Crippen LogP contribution is 2.26. The Labute approximate surface area is 120 Å². The molecule has 0 radical (unpaired) electrons. The molecule has 0 spiro atoms. The van der Waals surface area contributed by atoms with Crippen LogP contribution in [0, 0.1) is 17.0 Å². The van der Waals surface area contributed by atoms with E-state index in [4.69, 9.17) is 5.73 Å². The molecule has 0 atom stereocenters. The first-order valence-corrected chi connectivity index (χ1v) is 7.27. The lowest BCUT2D eigenvalue weighted by Crippen LogP contribution is -2.14. The molecule has 0 unspecified atom stereocenters. The third-order valence-electron chi connectivity index (χ3n) is 2.79. The Balaban J connectivity index is 2.43. The first-order chi connectivity index (χ1) is 9.81. The van der Waals surface area contributed by atoms with Crippen LogP contribution in [0.1, 0.15) is 5.56 Å². The second-order valence-electron chi connectivity index (χ2n) is 4.27. The zero-order valence-electron chi connectivity index (χ0n) is 11.0. The molecule has 110 valence electrons. The Morgan fingerprint density at radius 2 is 2.05 bits per heavy atom. The fourth-order valence-electron chi connectivity index (χ4n) is 1.62. The predicted molar refractivity (Wildman–Crippen MR) is 77.3 cm³/mol. The van der Waals surface area contributed by atoms with E-state index in [1.165, 1.54) is 24.5 Å². The van der Waals surface area contributed by atoms with Gasteiger partial charge in [-0.2, -0.15) is 0 Å². The number of nitro benzene ring substituents is 1. The van der Waals surface area contributed by atoms with Crippen molar-refractivity contribution in [2.75, 3.05) is 10.5 Å². The zero-order chi connectivity index (χ0) is 15.6. The first kappa shape index (κ1) is 14.7. The number of sulfonamides is 1. The SMILES string of the molecule is Cc1ccncc1NS(=O)(=O)c1ccc(N)c([N+](=O)[O-])c1. The molecule has 0 aliphatic carbocycles. The molecule has 0 fully saturated rings. The molecule has 2 aromatic rings. The second-order valence-corrected chi connectivity index (χ2v) is 5.96. The van der Waals surface area contributed by atoms with E-state index in [1.54, 1.807) is 13.0 Å². The average molecular weight is 308 g/mol. The Kier molecular flexibility index (Phi) is 3.76. The molecule has 1 heterocycles. The van der Waals surface area contributed by atoms with Crippen LogP contribution in [-0.2, 0) is 10.0 Å². The number of nitrogen functional groups attached to an aromatic ring is 1. The number of nitrogens with one attached hydrogen (secondary N) is 1. The van der Waals surface area contributed by atoms with Crippen molar-refractivity contribution in [2.45, 2.75) is 11.8 Å². The molecular formula is C12H12N4O4S. The van der Waals surface area contributed by atoms with Crippen molar-refractivity contribution < 1.29 is 13.3 Å². The minimum Gasteiger partial charge on any atom is -0.393 e. The summed E-state index contributed by atoms with van der Waals surface area (Å²) < 4.78 is 26.8. The summed E-state index contributed by atoms with van der Waals surface area (Å²) in [6, 6.07) is 4.95. The van der Waals surface area contributed by atoms with Crippen molar-refractivity contribution in [3.63, 3.8) is 0 Å². The molecule has 0 bridgehead atoms. The van der Waals surface area contributed by atoms with E-state index in [9.17, 15) is 18.5 Å². The van der Waals surface area contributed by atoms with Gasteiger partial charge in [-0.3, -0.25) is 19.8 Å². The predicted octanol–water partition coefficient (Wildman–Crippen LogP) is 1.68. The van der Waals surface area contributed by atoms with E-state index >= 15 is 0 Å². The van der Waals surface area contributed by atoms with E-state index in [0.717, 1.165) is 6.07 Å². The minimum absolute atomic E-state index is 0.100. The third-order valence-corrected chi connectivity index (χ3v) is 4.16. The van der Waals surface area contributed by atoms with E-state index < -0.39 is 20.6 Å². The van der Waals surface area contributed by atoms with Gasteiger partial charge in [0.05, 0.1) is 21.7 Å². The summed E-state index contributed by atoms with van der Waals surface area (Å²) >= 11 is 0. The lowest BCUT2D eigenvalue weighted by atomic mass is 10.3. The topological polar surface area (TPSA) is 128 Å². The van der Waals surface area contributed by atoms with Gasteiger partial charge >= 0.3 is 0 Å². The number of hydrogen-bond donors (Lipinski definition) is 2. The normalized spacial score (nSPS) is 11.1. The highest BCUT2D eigenvalue weighted by Gasteiger charge is 2.20. The zero-order valence-corrected chi connectivity index (χ0v) is 11.8. The van der Waals surface area contributed by atoms with Crippen LogP contribution in [0.3, 0.4) is 0 Å². The summed E-state index contributed by atoms with van der Waals surface area (Å²) in [7, 11) is -3.96. The van der Waals surface area contributed by atoms with E-state index in [2.05, 4.69) is 9.71 Å². The molecule has 0 aliphatic rings. The molecule has 3 N–H and O–H groups in total. The Bertz CT molecular complexity index is 805. The molecule has 8 nitrogen and oxygen atoms in total. The Morgan fingerprint density at radius 3 is 2.67 bits per heavy atom. The van der Waals surface area contributed by atoms with Gasteiger partial charge in [-0.1, -0.05) is 0 Å². The number of benzene rings is 1.